The lowest BCUT2D eigenvalue weighted by Crippen LogP contribution is -2.28. The molecule has 3 aromatic rings. The highest BCUT2D eigenvalue weighted by molar-refractivity contribution is 6.46. The van der Waals surface area contributed by atoms with Crippen LogP contribution in [0.25, 0.3) is 5.76 Å². The fourth-order valence-electron chi connectivity index (χ4n) is 3.70. The number of amides is 1. The highest BCUT2D eigenvalue weighted by Gasteiger charge is 2.47. The highest BCUT2D eigenvalue weighted by atomic mass is 16.6. The molecule has 8 heteroatoms. The summed E-state index contributed by atoms with van der Waals surface area (Å²) in [6.45, 7) is 0.882. The van der Waals surface area contributed by atoms with Gasteiger partial charge in [0, 0.05) is 5.56 Å². The molecule has 1 unspecified atom stereocenters. The smallest absolute Gasteiger partial charge is 0.296 e. The lowest BCUT2D eigenvalue weighted by Gasteiger charge is -2.22. The lowest BCUT2D eigenvalue weighted by atomic mass is 9.99. The number of aliphatic hydroxyl groups is 1. The van der Waals surface area contributed by atoms with Crippen molar-refractivity contribution in [2.75, 3.05) is 13.2 Å². The Labute approximate surface area is 170 Å². The van der Waals surface area contributed by atoms with Crippen molar-refractivity contribution < 1.29 is 33.0 Å². The number of hydrogen-bond acceptors (Lipinski definition) is 7. The summed E-state index contributed by atoms with van der Waals surface area (Å²) in [4.78, 5) is 27.1. The summed E-state index contributed by atoms with van der Waals surface area (Å²) in [6.07, 6.45) is 2.94. The summed E-state index contributed by atoms with van der Waals surface area (Å²) in [7, 11) is 0. The molecule has 0 saturated carbocycles. The molecule has 30 heavy (non-hydrogen) atoms. The van der Waals surface area contributed by atoms with Gasteiger partial charge in [-0.1, -0.05) is 0 Å². The molecule has 0 spiro atoms. The Morgan fingerprint density at radius 2 is 1.77 bits per heavy atom. The van der Waals surface area contributed by atoms with Crippen LogP contribution >= 0.6 is 0 Å². The standard InChI is InChI=1S/C22H17NO7/c24-20(13-5-6-15-17(11-13)30-10-9-29-15)18-19(16-4-2-8-28-16)23(22(26)21(18)25)12-14-3-1-7-27-14/h1-8,11,19,24H,9-10,12H2/b20-18+. The van der Waals surface area contributed by atoms with Gasteiger partial charge in [-0.3, -0.25) is 9.59 Å². The van der Waals surface area contributed by atoms with Gasteiger partial charge in [0.2, 0.25) is 0 Å². The first-order chi connectivity index (χ1) is 14.6. The first-order valence-corrected chi connectivity index (χ1v) is 9.37. The maximum absolute atomic E-state index is 12.9. The Hall–Kier alpha value is -3.94. The molecule has 0 radical (unpaired) electrons. The molecule has 1 fully saturated rings. The van der Waals surface area contributed by atoms with Crippen molar-refractivity contribution in [2.24, 2.45) is 0 Å². The zero-order valence-electron chi connectivity index (χ0n) is 15.7. The van der Waals surface area contributed by atoms with E-state index in [1.807, 2.05) is 0 Å². The van der Waals surface area contributed by atoms with Crippen LogP contribution in [0.2, 0.25) is 0 Å². The number of ether oxygens (including phenoxy) is 2. The van der Waals surface area contributed by atoms with E-state index < -0.39 is 17.7 Å². The van der Waals surface area contributed by atoms with Crippen LogP contribution in [0, 0.1) is 0 Å². The number of benzene rings is 1. The van der Waals surface area contributed by atoms with E-state index in [1.165, 1.54) is 17.4 Å². The molecule has 0 aliphatic carbocycles. The molecule has 2 aliphatic heterocycles. The fourth-order valence-corrected chi connectivity index (χ4v) is 3.70. The second-order valence-corrected chi connectivity index (χ2v) is 6.88. The van der Waals surface area contributed by atoms with Gasteiger partial charge >= 0.3 is 0 Å². The van der Waals surface area contributed by atoms with Crippen molar-refractivity contribution in [2.45, 2.75) is 12.6 Å². The summed E-state index contributed by atoms with van der Waals surface area (Å²) in [6, 6.07) is 10.7. The number of aliphatic hydroxyl groups excluding tert-OH is 1. The minimum absolute atomic E-state index is 0.0564. The van der Waals surface area contributed by atoms with Crippen LogP contribution in [0.5, 0.6) is 11.5 Å². The van der Waals surface area contributed by atoms with Gasteiger partial charge in [-0.2, -0.15) is 0 Å². The number of ketones is 1. The molecule has 4 heterocycles. The quantitative estimate of drug-likeness (QED) is 0.402. The molecule has 5 rings (SSSR count). The second-order valence-electron chi connectivity index (χ2n) is 6.88. The largest absolute Gasteiger partial charge is 0.507 e. The van der Waals surface area contributed by atoms with Gasteiger partial charge in [-0.05, 0) is 42.5 Å². The molecular formula is C22H17NO7. The van der Waals surface area contributed by atoms with E-state index in [9.17, 15) is 14.7 Å². The number of hydrogen-bond donors (Lipinski definition) is 1. The number of likely N-dealkylation sites (tertiary alicyclic amines) is 1. The predicted molar refractivity (Wildman–Crippen MR) is 103 cm³/mol. The number of fused-ring (bicyclic) bond motifs is 1. The van der Waals surface area contributed by atoms with Gasteiger partial charge in [0.1, 0.15) is 36.5 Å². The molecule has 152 valence electrons. The molecule has 1 N–H and O–H groups in total. The molecule has 2 aromatic heterocycles. The maximum atomic E-state index is 12.9. The monoisotopic (exact) mass is 407 g/mol. The zero-order valence-corrected chi connectivity index (χ0v) is 15.7. The summed E-state index contributed by atoms with van der Waals surface area (Å²) < 4.78 is 21.9. The van der Waals surface area contributed by atoms with E-state index in [4.69, 9.17) is 18.3 Å². The molecule has 2 aliphatic rings. The number of carbonyl (C=O) groups excluding carboxylic acids is 2. The van der Waals surface area contributed by atoms with Gasteiger partial charge in [-0.15, -0.1) is 0 Å². The van der Waals surface area contributed by atoms with E-state index in [0.29, 0.717) is 41.8 Å². The Kier molecular flexibility index (Phi) is 4.31. The van der Waals surface area contributed by atoms with Crippen molar-refractivity contribution in [3.05, 3.63) is 77.6 Å². The predicted octanol–water partition coefficient (Wildman–Crippen LogP) is 3.27. The van der Waals surface area contributed by atoms with Crippen LogP contribution in [0.3, 0.4) is 0 Å². The number of furan rings is 2. The van der Waals surface area contributed by atoms with Crippen LogP contribution in [0.1, 0.15) is 23.1 Å². The third kappa shape index (κ3) is 2.93. The Balaban J connectivity index is 1.61. The second kappa shape index (κ2) is 7.14. The van der Waals surface area contributed by atoms with Crippen LogP contribution in [-0.2, 0) is 16.1 Å². The van der Waals surface area contributed by atoms with E-state index in [-0.39, 0.29) is 17.9 Å². The van der Waals surface area contributed by atoms with E-state index >= 15 is 0 Å². The highest BCUT2D eigenvalue weighted by Crippen LogP contribution is 2.41. The molecule has 0 bridgehead atoms. The van der Waals surface area contributed by atoms with Gasteiger partial charge in [0.25, 0.3) is 11.7 Å². The third-order valence-corrected chi connectivity index (χ3v) is 5.07. The number of nitrogens with zero attached hydrogens (tertiary/aromatic N) is 1. The van der Waals surface area contributed by atoms with Crippen LogP contribution in [0.4, 0.5) is 0 Å². The van der Waals surface area contributed by atoms with Crippen molar-refractivity contribution in [3.8, 4) is 11.5 Å². The van der Waals surface area contributed by atoms with E-state index in [0.717, 1.165) is 0 Å². The van der Waals surface area contributed by atoms with Crippen molar-refractivity contribution >= 4 is 17.4 Å². The Bertz CT molecular complexity index is 1130. The lowest BCUT2D eigenvalue weighted by molar-refractivity contribution is -0.140. The van der Waals surface area contributed by atoms with E-state index in [1.54, 1.807) is 42.5 Å². The molecule has 1 atom stereocenters. The molecule has 1 saturated heterocycles. The Morgan fingerprint density at radius 1 is 1.00 bits per heavy atom. The SMILES string of the molecule is O=C1C(=O)N(Cc2ccco2)C(c2ccco2)/C1=C(\O)c1ccc2c(c1)OCCO2. The Morgan fingerprint density at radius 3 is 2.50 bits per heavy atom. The van der Waals surface area contributed by atoms with Gasteiger partial charge in [0.05, 0.1) is 24.6 Å². The van der Waals surface area contributed by atoms with Crippen molar-refractivity contribution in [1.82, 2.24) is 4.90 Å². The average molecular weight is 407 g/mol. The number of rotatable bonds is 4. The molecule has 8 nitrogen and oxygen atoms in total. The number of Topliss-reactive ketones (excluding diaryl/α,β-unsaturated/α-hetero) is 1. The molecule has 1 amide bonds. The topological polar surface area (TPSA) is 102 Å². The minimum Gasteiger partial charge on any atom is -0.507 e. The van der Waals surface area contributed by atoms with Crippen LogP contribution in [-0.4, -0.2) is 34.9 Å². The van der Waals surface area contributed by atoms with Crippen LogP contribution < -0.4 is 9.47 Å². The average Bonchev–Trinajstić information content (AvgIpc) is 3.52. The van der Waals surface area contributed by atoms with E-state index in [2.05, 4.69) is 0 Å². The van der Waals surface area contributed by atoms with Crippen molar-refractivity contribution in [1.29, 1.82) is 0 Å². The van der Waals surface area contributed by atoms with Gasteiger partial charge < -0.3 is 28.3 Å². The summed E-state index contributed by atoms with van der Waals surface area (Å²) in [5.41, 5.74) is 0.282. The maximum Gasteiger partial charge on any atom is 0.296 e. The molecular weight excluding hydrogens is 390 g/mol. The first kappa shape index (κ1) is 18.1. The van der Waals surface area contributed by atoms with Gasteiger partial charge in [0.15, 0.2) is 11.5 Å². The van der Waals surface area contributed by atoms with Gasteiger partial charge in [-0.25, -0.2) is 0 Å². The normalized spacial score (nSPS) is 20.0. The zero-order chi connectivity index (χ0) is 20.7. The first-order valence-electron chi connectivity index (χ1n) is 9.37. The summed E-state index contributed by atoms with van der Waals surface area (Å²) >= 11 is 0. The summed E-state index contributed by atoms with van der Waals surface area (Å²) in [5.74, 6) is 0.0341. The summed E-state index contributed by atoms with van der Waals surface area (Å²) in [5, 5.41) is 11.0. The number of carbonyl (C=O) groups is 2. The minimum atomic E-state index is -0.890. The third-order valence-electron chi connectivity index (χ3n) is 5.07. The van der Waals surface area contributed by atoms with Crippen LogP contribution in [0.15, 0.2) is 69.4 Å². The fraction of sp³-hybridized carbons (Fsp3) is 0.182. The molecule has 1 aromatic carbocycles. The van der Waals surface area contributed by atoms with Crippen molar-refractivity contribution in [3.63, 3.8) is 0 Å².